The van der Waals surface area contributed by atoms with Crippen LogP contribution in [0.25, 0.3) is 11.1 Å². The van der Waals surface area contributed by atoms with E-state index in [-0.39, 0.29) is 29.9 Å². The number of hydrogen-bond acceptors (Lipinski definition) is 6. The molecular weight excluding hydrogens is 408 g/mol. The summed E-state index contributed by atoms with van der Waals surface area (Å²) in [6.07, 6.45) is 0.506. The van der Waals surface area contributed by atoms with E-state index in [4.69, 9.17) is 0 Å². The van der Waals surface area contributed by atoms with Gasteiger partial charge in [-0.05, 0) is 49.5 Å². The van der Waals surface area contributed by atoms with Gasteiger partial charge in [-0.3, -0.25) is 9.59 Å². The number of hydrogen-bond donors (Lipinski definition) is 4. The molecule has 0 unspecified atom stereocenters. The molecule has 4 rings (SSSR count). The quantitative estimate of drug-likeness (QED) is 0.513. The maximum atomic E-state index is 13.3. The van der Waals surface area contributed by atoms with Gasteiger partial charge >= 0.3 is 0 Å². The maximum absolute atomic E-state index is 13.3. The molecule has 3 atom stereocenters. The second-order valence-corrected chi connectivity index (χ2v) is 10.0. The summed E-state index contributed by atoms with van der Waals surface area (Å²) in [5, 5.41) is 44.3. The van der Waals surface area contributed by atoms with Crippen molar-refractivity contribution in [2.45, 2.75) is 52.6 Å². The number of rotatable bonds is 2. The van der Waals surface area contributed by atoms with Crippen LogP contribution in [-0.2, 0) is 16.0 Å². The Balaban J connectivity index is 2.04. The van der Waals surface area contributed by atoms with Crippen LogP contribution in [0.15, 0.2) is 48.0 Å². The lowest BCUT2D eigenvalue weighted by Gasteiger charge is -2.56. The summed E-state index contributed by atoms with van der Waals surface area (Å²) in [4.78, 5) is 25.4. The highest BCUT2D eigenvalue weighted by atomic mass is 16.3. The lowest BCUT2D eigenvalue weighted by Crippen LogP contribution is -2.63. The van der Waals surface area contributed by atoms with Gasteiger partial charge in [-0.2, -0.15) is 0 Å². The molecule has 4 N–H and O–H groups in total. The number of allylic oxidation sites excluding steroid dienone is 4. The number of phenols is 1. The number of aromatic hydroxyl groups is 1. The number of fused-ring (bicyclic) bond motifs is 3. The minimum absolute atomic E-state index is 0.0189. The first-order valence-corrected chi connectivity index (χ1v) is 10.5. The lowest BCUT2D eigenvalue weighted by molar-refractivity contribution is -0.158. The smallest absolute Gasteiger partial charge is 0.209 e. The van der Waals surface area contributed by atoms with Crippen molar-refractivity contribution in [1.82, 2.24) is 0 Å². The van der Waals surface area contributed by atoms with E-state index < -0.39 is 39.3 Å². The van der Waals surface area contributed by atoms with Crippen molar-refractivity contribution in [2.24, 2.45) is 10.8 Å². The molecule has 6 heteroatoms. The fourth-order valence-corrected chi connectivity index (χ4v) is 6.26. The summed E-state index contributed by atoms with van der Waals surface area (Å²) in [6.45, 7) is 14.7. The average molecular weight is 437 g/mol. The van der Waals surface area contributed by atoms with E-state index in [1.54, 1.807) is 13.0 Å². The van der Waals surface area contributed by atoms with Crippen LogP contribution in [0.3, 0.4) is 0 Å². The molecule has 6 nitrogen and oxygen atoms in total. The van der Waals surface area contributed by atoms with Crippen molar-refractivity contribution in [3.8, 4) is 5.75 Å². The summed E-state index contributed by atoms with van der Waals surface area (Å²) in [5.41, 5.74) is -1.32. The second-order valence-electron chi connectivity index (χ2n) is 10.0. The third kappa shape index (κ3) is 2.50. The largest absolute Gasteiger partial charge is 0.511 e. The van der Waals surface area contributed by atoms with Crippen molar-refractivity contribution in [3.63, 3.8) is 0 Å². The number of benzene rings is 1. The third-order valence-electron chi connectivity index (χ3n) is 7.51. The summed E-state index contributed by atoms with van der Waals surface area (Å²) in [6, 6.07) is 3.33. The highest BCUT2D eigenvalue weighted by Crippen LogP contribution is 2.64. The van der Waals surface area contributed by atoms with E-state index in [0.29, 0.717) is 17.6 Å². The Labute approximate surface area is 186 Å². The fourth-order valence-electron chi connectivity index (χ4n) is 6.26. The summed E-state index contributed by atoms with van der Waals surface area (Å²) in [7, 11) is 0. The molecule has 0 saturated carbocycles. The molecule has 3 aliphatic rings. The van der Waals surface area contributed by atoms with E-state index >= 15 is 0 Å². The van der Waals surface area contributed by atoms with Crippen molar-refractivity contribution < 1.29 is 30.0 Å². The Bertz CT molecular complexity index is 1210. The van der Waals surface area contributed by atoms with Crippen molar-refractivity contribution in [2.75, 3.05) is 0 Å². The highest BCUT2D eigenvalue weighted by molar-refractivity contribution is 6.24. The van der Waals surface area contributed by atoms with Crippen LogP contribution < -0.4 is 0 Å². The van der Waals surface area contributed by atoms with E-state index in [0.717, 1.165) is 23.6 Å². The number of aliphatic hydroxyl groups is 3. The van der Waals surface area contributed by atoms with Gasteiger partial charge in [0.05, 0.1) is 0 Å². The first kappa shape index (κ1) is 22.1. The van der Waals surface area contributed by atoms with Gasteiger partial charge in [-0.25, -0.2) is 0 Å². The van der Waals surface area contributed by atoms with Gasteiger partial charge < -0.3 is 20.4 Å². The van der Waals surface area contributed by atoms with Gasteiger partial charge in [-0.1, -0.05) is 38.6 Å². The zero-order valence-corrected chi connectivity index (χ0v) is 18.8. The average Bonchev–Trinajstić information content (AvgIpc) is 2.63. The van der Waals surface area contributed by atoms with Gasteiger partial charge in [0.2, 0.25) is 5.78 Å². The topological polar surface area (TPSA) is 115 Å². The number of aliphatic hydroxyl groups excluding tert-OH is 2. The molecule has 0 spiro atoms. The summed E-state index contributed by atoms with van der Waals surface area (Å²) < 4.78 is 0. The first-order chi connectivity index (χ1) is 14.7. The standard InChI is InChI=1S/C26H28O6/c1-12(2)15-7-8-17(28)19-13(3)21-23(31)26(32)22(30)20(14(4)27)18(29)10-25(26,6)11-24(21,5)9-16(15)19/h7-8,28-29,31-32H,1,3,9-11H2,2,4-6H3/t24-,25+,26+/m1/s1. The predicted molar refractivity (Wildman–Crippen MR) is 121 cm³/mol. The van der Waals surface area contributed by atoms with Crippen LogP contribution in [0.2, 0.25) is 0 Å². The molecule has 0 amide bonds. The van der Waals surface area contributed by atoms with Crippen molar-refractivity contribution in [3.05, 3.63) is 64.6 Å². The molecule has 32 heavy (non-hydrogen) atoms. The van der Waals surface area contributed by atoms with Crippen molar-refractivity contribution in [1.29, 1.82) is 0 Å². The molecule has 3 aliphatic carbocycles. The Morgan fingerprint density at radius 1 is 1.09 bits per heavy atom. The molecule has 0 bridgehead atoms. The maximum Gasteiger partial charge on any atom is 0.209 e. The minimum atomic E-state index is -2.39. The molecule has 0 fully saturated rings. The van der Waals surface area contributed by atoms with Gasteiger partial charge in [0, 0.05) is 28.4 Å². The summed E-state index contributed by atoms with van der Waals surface area (Å²) >= 11 is 0. The lowest BCUT2D eigenvalue weighted by atomic mass is 9.48. The van der Waals surface area contributed by atoms with Crippen LogP contribution in [-0.4, -0.2) is 37.6 Å². The van der Waals surface area contributed by atoms with Crippen LogP contribution in [0, 0.1) is 10.8 Å². The Kier molecular flexibility index (Phi) is 4.45. The number of Topliss-reactive ketones (excluding diaryl/α,β-unsaturated/α-hetero) is 2. The molecule has 0 aromatic heterocycles. The molecule has 0 aliphatic heterocycles. The third-order valence-corrected chi connectivity index (χ3v) is 7.51. The van der Waals surface area contributed by atoms with E-state index in [9.17, 15) is 30.0 Å². The van der Waals surface area contributed by atoms with Gasteiger partial charge in [-0.15, -0.1) is 0 Å². The second kappa shape index (κ2) is 6.45. The van der Waals surface area contributed by atoms with E-state index in [2.05, 4.69) is 13.2 Å². The summed E-state index contributed by atoms with van der Waals surface area (Å²) in [5.74, 6) is -2.65. The van der Waals surface area contributed by atoms with Crippen LogP contribution in [0.5, 0.6) is 5.75 Å². The molecule has 1 aromatic carbocycles. The molecule has 168 valence electrons. The number of carbonyl (C=O) groups excluding carboxylic acids is 2. The zero-order chi connectivity index (χ0) is 24.0. The van der Waals surface area contributed by atoms with Gasteiger partial charge in [0.15, 0.2) is 11.4 Å². The Hall–Kier alpha value is -3.12. The normalized spacial score (nSPS) is 31.8. The molecular formula is C26H28O6. The van der Waals surface area contributed by atoms with E-state index in [1.165, 1.54) is 6.07 Å². The fraction of sp³-hybridized carbons (Fsp3) is 0.385. The SMILES string of the molecule is C=C(C)c1ccc(O)c2c1C[C@]1(C)C[C@]3(C)CC(O)=C(C(C)=O)C(=O)[C@]3(O)C(O)=C1C2=C. The van der Waals surface area contributed by atoms with Crippen LogP contribution >= 0.6 is 0 Å². The monoisotopic (exact) mass is 436 g/mol. The Morgan fingerprint density at radius 2 is 1.72 bits per heavy atom. The van der Waals surface area contributed by atoms with Crippen LogP contribution in [0.1, 0.15) is 57.2 Å². The molecule has 0 saturated heterocycles. The number of phenolic OH excluding ortho intramolecular Hbond substituents is 1. The zero-order valence-electron chi connectivity index (χ0n) is 18.8. The first-order valence-electron chi connectivity index (χ1n) is 10.5. The highest BCUT2D eigenvalue weighted by Gasteiger charge is 2.67. The van der Waals surface area contributed by atoms with Crippen LogP contribution in [0.4, 0.5) is 0 Å². The Morgan fingerprint density at radius 3 is 2.28 bits per heavy atom. The predicted octanol–water partition coefficient (Wildman–Crippen LogP) is 4.33. The molecule has 0 heterocycles. The van der Waals surface area contributed by atoms with Gasteiger partial charge in [0.25, 0.3) is 0 Å². The number of ketones is 2. The van der Waals surface area contributed by atoms with E-state index in [1.807, 2.05) is 13.8 Å². The van der Waals surface area contributed by atoms with Crippen molar-refractivity contribution >= 4 is 22.7 Å². The number of carbonyl (C=O) groups is 2. The molecule has 0 radical (unpaired) electrons. The molecule has 1 aromatic rings. The van der Waals surface area contributed by atoms with Gasteiger partial charge in [0.1, 0.15) is 22.8 Å². The minimum Gasteiger partial charge on any atom is -0.511 e.